The highest BCUT2D eigenvalue weighted by Gasteiger charge is 2.34. The van der Waals surface area contributed by atoms with Gasteiger partial charge in [0.15, 0.2) is 0 Å². The lowest BCUT2D eigenvalue weighted by Crippen LogP contribution is -1.93. The molecule has 0 aliphatic heterocycles. The molecule has 0 amide bonds. The van der Waals surface area contributed by atoms with Gasteiger partial charge in [-0.25, -0.2) is 0 Å². The number of fused-ring (bicyclic) bond motifs is 1. The number of nitriles is 2. The first-order chi connectivity index (χ1) is 8.13. The topological polar surface area (TPSA) is 64.7 Å². The van der Waals surface area contributed by atoms with Crippen molar-refractivity contribution in [3.63, 3.8) is 0 Å². The van der Waals surface area contributed by atoms with Crippen molar-refractivity contribution < 1.29 is 4.79 Å². The van der Waals surface area contributed by atoms with Gasteiger partial charge in [-0.3, -0.25) is 4.79 Å². The van der Waals surface area contributed by atoms with E-state index >= 15 is 0 Å². The second kappa shape index (κ2) is 4.44. The van der Waals surface area contributed by atoms with Gasteiger partial charge in [-0.15, -0.1) is 11.3 Å². The fourth-order valence-corrected chi connectivity index (χ4v) is 3.33. The molecule has 0 bridgehead atoms. The summed E-state index contributed by atoms with van der Waals surface area (Å²) in [5, 5.41) is 17.9. The van der Waals surface area contributed by atoms with Crippen molar-refractivity contribution in [2.45, 2.75) is 6.92 Å². The average Bonchev–Trinajstić information content (AvgIpc) is 2.80. The molecule has 1 aromatic rings. The van der Waals surface area contributed by atoms with Crippen molar-refractivity contribution >= 4 is 45.3 Å². The van der Waals surface area contributed by atoms with E-state index in [1.807, 2.05) is 47.7 Å². The number of aryl methyl sites for hydroxylation is 1. The molecule has 0 spiro atoms. The highest BCUT2D eigenvalue weighted by atomic mass is 127. The smallest absolute Gasteiger partial charge is 0.204 e. The van der Waals surface area contributed by atoms with Gasteiger partial charge in [-0.1, -0.05) is 22.6 Å². The third kappa shape index (κ3) is 1.72. The van der Waals surface area contributed by atoms with Crippen LogP contribution in [0.3, 0.4) is 0 Å². The Balaban J connectivity index is 2.84. The number of hydrogen-bond donors (Lipinski definition) is 0. The fraction of sp³-hybridized carbons (Fsp3) is 0.0833. The van der Waals surface area contributed by atoms with E-state index < -0.39 is 0 Å². The summed E-state index contributed by atoms with van der Waals surface area (Å²) in [6.07, 6.45) is 0. The fourth-order valence-electron chi connectivity index (χ4n) is 1.76. The molecule has 1 aromatic heterocycles. The molecule has 1 aliphatic carbocycles. The molecular weight excluding hydrogens is 347 g/mol. The lowest BCUT2D eigenvalue weighted by atomic mass is 10.0. The summed E-state index contributed by atoms with van der Waals surface area (Å²) in [5.74, 6) is -0.0921. The summed E-state index contributed by atoms with van der Waals surface area (Å²) in [7, 11) is 0. The van der Waals surface area contributed by atoms with Crippen LogP contribution >= 0.6 is 33.9 Å². The molecule has 5 heteroatoms. The van der Waals surface area contributed by atoms with Gasteiger partial charge in [0.1, 0.15) is 17.7 Å². The summed E-state index contributed by atoms with van der Waals surface area (Å²) in [4.78, 5) is 13.7. The van der Waals surface area contributed by atoms with Gasteiger partial charge in [0, 0.05) is 21.6 Å². The maximum Gasteiger partial charge on any atom is 0.204 e. The maximum absolute atomic E-state index is 12.1. The van der Waals surface area contributed by atoms with E-state index in [1.165, 1.54) is 11.3 Å². The number of carbonyl (C=O) groups excluding carboxylic acids is 1. The molecule has 2 rings (SSSR count). The Labute approximate surface area is 116 Å². The van der Waals surface area contributed by atoms with E-state index in [-0.39, 0.29) is 11.4 Å². The molecule has 17 heavy (non-hydrogen) atoms. The molecule has 0 N–H and O–H groups in total. The largest absolute Gasteiger partial charge is 0.288 e. The first-order valence-electron chi connectivity index (χ1n) is 4.64. The van der Waals surface area contributed by atoms with Crippen molar-refractivity contribution in [2.75, 3.05) is 0 Å². The molecule has 1 aliphatic rings. The van der Waals surface area contributed by atoms with Crippen molar-refractivity contribution in [1.82, 2.24) is 0 Å². The predicted molar refractivity (Wildman–Crippen MR) is 73.6 cm³/mol. The van der Waals surface area contributed by atoms with E-state index in [0.717, 1.165) is 10.4 Å². The minimum atomic E-state index is -0.0921. The van der Waals surface area contributed by atoms with E-state index in [4.69, 9.17) is 10.5 Å². The van der Waals surface area contributed by atoms with Crippen LogP contribution in [0.15, 0.2) is 21.3 Å². The second-order valence-electron chi connectivity index (χ2n) is 3.43. The van der Waals surface area contributed by atoms with Gasteiger partial charge in [0.05, 0.1) is 4.88 Å². The Hall–Kier alpha value is -1.44. The summed E-state index contributed by atoms with van der Waals surface area (Å²) in [6.45, 7) is 1.90. The average molecular weight is 352 g/mol. The van der Waals surface area contributed by atoms with Crippen molar-refractivity contribution in [2.24, 2.45) is 0 Å². The summed E-state index contributed by atoms with van der Waals surface area (Å²) >= 11 is 3.36. The van der Waals surface area contributed by atoms with E-state index in [0.29, 0.717) is 16.0 Å². The van der Waals surface area contributed by atoms with Gasteiger partial charge < -0.3 is 0 Å². The van der Waals surface area contributed by atoms with Crippen LogP contribution in [0.25, 0.3) is 5.57 Å². The first kappa shape index (κ1) is 12.0. The number of Topliss-reactive ketones (excluding diaryl/α,β-unsaturated/α-hetero) is 1. The van der Waals surface area contributed by atoms with Crippen LogP contribution < -0.4 is 0 Å². The Kier molecular flexibility index (Phi) is 3.14. The third-order valence-corrected chi connectivity index (χ3v) is 4.10. The molecule has 0 saturated carbocycles. The van der Waals surface area contributed by atoms with Crippen molar-refractivity contribution in [1.29, 1.82) is 10.5 Å². The van der Waals surface area contributed by atoms with Gasteiger partial charge in [-0.05, 0) is 17.1 Å². The number of carbonyl (C=O) groups is 1. The Bertz CT molecular complexity index is 652. The molecule has 3 nitrogen and oxygen atoms in total. The number of rotatable bonds is 0. The minimum absolute atomic E-state index is 0.00202. The third-order valence-electron chi connectivity index (χ3n) is 2.43. The number of nitrogens with zero attached hydrogens (tertiary/aromatic N) is 2. The Morgan fingerprint density at radius 2 is 2.12 bits per heavy atom. The molecule has 1 heterocycles. The van der Waals surface area contributed by atoms with E-state index in [9.17, 15) is 4.79 Å². The van der Waals surface area contributed by atoms with Gasteiger partial charge in [0.2, 0.25) is 5.78 Å². The predicted octanol–water partition coefficient (Wildman–Crippen LogP) is 3.37. The first-order valence-corrected chi connectivity index (χ1v) is 6.71. The number of ketones is 1. The van der Waals surface area contributed by atoms with Crippen LogP contribution in [0, 0.1) is 29.6 Å². The van der Waals surface area contributed by atoms with Crippen LogP contribution in [-0.4, -0.2) is 5.78 Å². The number of thiophene rings is 1. The summed E-state index contributed by atoms with van der Waals surface area (Å²) in [5.41, 5.74) is 1.65. The van der Waals surface area contributed by atoms with Crippen LogP contribution in [0.2, 0.25) is 0 Å². The molecule has 0 atom stereocenters. The zero-order valence-corrected chi connectivity index (χ0v) is 11.7. The van der Waals surface area contributed by atoms with E-state index in [2.05, 4.69) is 0 Å². The number of halogens is 1. The molecule has 0 radical (unpaired) electrons. The van der Waals surface area contributed by atoms with Crippen molar-refractivity contribution in [3.8, 4) is 12.1 Å². The zero-order valence-electron chi connectivity index (χ0n) is 8.74. The molecule has 0 aromatic carbocycles. The van der Waals surface area contributed by atoms with Crippen molar-refractivity contribution in [3.05, 3.63) is 36.6 Å². The monoisotopic (exact) mass is 352 g/mol. The molecule has 0 saturated heterocycles. The molecule has 0 fully saturated rings. The maximum atomic E-state index is 12.1. The number of allylic oxidation sites excluding steroid dienone is 3. The van der Waals surface area contributed by atoms with Crippen LogP contribution in [0.1, 0.15) is 20.1 Å². The Morgan fingerprint density at radius 3 is 2.65 bits per heavy atom. The normalized spacial score (nSPS) is 15.6. The standard InChI is InChI=1S/C12H5IN2OS/c1-6-2-8-10(7(4-14)5-15)9(3-13)11(16)12(8)17-6/h2-3H,1H3/b9-3-. The molecular formula is C12H5IN2OS. The van der Waals surface area contributed by atoms with Gasteiger partial charge >= 0.3 is 0 Å². The van der Waals surface area contributed by atoms with Gasteiger partial charge in [-0.2, -0.15) is 10.5 Å². The van der Waals surface area contributed by atoms with Gasteiger partial charge in [0.25, 0.3) is 0 Å². The molecule has 82 valence electrons. The SMILES string of the molecule is Cc1cc2c(s1)C(=O)/C(=C\I)C2=C(C#N)C#N. The van der Waals surface area contributed by atoms with Crippen LogP contribution in [0.5, 0.6) is 0 Å². The quantitative estimate of drug-likeness (QED) is 0.409. The molecule has 0 unspecified atom stereocenters. The Morgan fingerprint density at radius 1 is 1.47 bits per heavy atom. The highest BCUT2D eigenvalue weighted by Crippen LogP contribution is 2.43. The zero-order chi connectivity index (χ0) is 12.6. The summed E-state index contributed by atoms with van der Waals surface area (Å²) < 4.78 is 1.63. The number of hydrogen-bond acceptors (Lipinski definition) is 4. The second-order valence-corrected chi connectivity index (χ2v) is 5.30. The van der Waals surface area contributed by atoms with Crippen LogP contribution in [-0.2, 0) is 0 Å². The minimum Gasteiger partial charge on any atom is -0.288 e. The van der Waals surface area contributed by atoms with Crippen LogP contribution in [0.4, 0.5) is 0 Å². The van der Waals surface area contributed by atoms with E-state index in [1.54, 1.807) is 4.08 Å². The summed E-state index contributed by atoms with van der Waals surface area (Å²) in [6, 6.07) is 5.57. The highest BCUT2D eigenvalue weighted by molar-refractivity contribution is 14.1. The lowest BCUT2D eigenvalue weighted by molar-refractivity contribution is 0.104. The lowest BCUT2D eigenvalue weighted by Gasteiger charge is -1.98.